The maximum Gasteiger partial charge on any atom is 0.262 e. The van der Waals surface area contributed by atoms with Crippen LogP contribution in [-0.2, 0) is 14.8 Å². The molecule has 0 saturated carbocycles. The first-order valence-electron chi connectivity index (χ1n) is 6.06. The molecule has 0 bridgehead atoms. The van der Waals surface area contributed by atoms with Crippen molar-refractivity contribution in [2.24, 2.45) is 5.14 Å². The molecule has 112 valence electrons. The molecule has 20 heavy (non-hydrogen) atoms. The van der Waals surface area contributed by atoms with E-state index in [9.17, 15) is 13.2 Å². The number of sulfonamides is 1. The van der Waals surface area contributed by atoms with E-state index in [2.05, 4.69) is 0 Å². The predicted octanol–water partition coefficient (Wildman–Crippen LogP) is 0.806. The molecule has 0 spiro atoms. The Kier molecular flexibility index (Phi) is 4.77. The zero-order chi connectivity index (χ0) is 15.7. The van der Waals surface area contributed by atoms with Crippen LogP contribution in [-0.4, -0.2) is 39.4 Å². The van der Waals surface area contributed by atoms with Gasteiger partial charge in [-0.15, -0.1) is 0 Å². The maximum absolute atomic E-state index is 11.7. The predicted molar refractivity (Wildman–Crippen MR) is 76.1 cm³/mol. The van der Waals surface area contributed by atoms with Crippen LogP contribution in [0.1, 0.15) is 18.1 Å². The minimum absolute atomic E-state index is 0.0939. The van der Waals surface area contributed by atoms with E-state index in [4.69, 9.17) is 9.88 Å². The van der Waals surface area contributed by atoms with Crippen LogP contribution in [0.5, 0.6) is 5.75 Å². The number of likely N-dealkylation sites (N-methyl/N-ethyl adjacent to an activating group) is 1. The Hall–Kier alpha value is -1.60. The van der Waals surface area contributed by atoms with E-state index in [1.165, 1.54) is 4.90 Å². The second kappa shape index (κ2) is 5.80. The van der Waals surface area contributed by atoms with Crippen LogP contribution in [0.25, 0.3) is 0 Å². The van der Waals surface area contributed by atoms with Crippen LogP contribution < -0.4 is 9.88 Å². The molecular weight excluding hydrogens is 280 g/mol. The summed E-state index contributed by atoms with van der Waals surface area (Å²) in [6.07, 6.45) is -0.649. The van der Waals surface area contributed by atoms with Crippen LogP contribution in [0.3, 0.4) is 0 Å². The molecule has 1 unspecified atom stereocenters. The van der Waals surface area contributed by atoms with Crippen LogP contribution >= 0.6 is 0 Å². The molecule has 0 aliphatic carbocycles. The number of amides is 1. The van der Waals surface area contributed by atoms with Crippen molar-refractivity contribution in [2.75, 3.05) is 14.1 Å². The summed E-state index contributed by atoms with van der Waals surface area (Å²) in [6.45, 7) is 4.91. The Balaban J connectivity index is 3.10. The number of benzene rings is 1. The van der Waals surface area contributed by atoms with E-state index in [0.29, 0.717) is 16.9 Å². The van der Waals surface area contributed by atoms with Crippen LogP contribution in [0.15, 0.2) is 17.0 Å². The molecule has 1 atom stereocenters. The molecule has 7 heteroatoms. The Bertz CT molecular complexity index is 600. The van der Waals surface area contributed by atoms with E-state index < -0.39 is 16.1 Å². The lowest BCUT2D eigenvalue weighted by Crippen LogP contribution is -2.35. The zero-order valence-corrected chi connectivity index (χ0v) is 13.1. The van der Waals surface area contributed by atoms with E-state index in [0.717, 1.165) is 0 Å². The summed E-state index contributed by atoms with van der Waals surface area (Å²) in [5, 5.41) is 5.17. The molecule has 1 aromatic rings. The highest BCUT2D eigenvalue weighted by Crippen LogP contribution is 2.25. The summed E-state index contributed by atoms with van der Waals surface area (Å²) in [5.41, 5.74) is 0.985. The first-order chi connectivity index (χ1) is 9.04. The van der Waals surface area contributed by atoms with E-state index >= 15 is 0 Å². The van der Waals surface area contributed by atoms with Gasteiger partial charge in [-0.05, 0) is 44.0 Å². The highest BCUT2D eigenvalue weighted by atomic mass is 32.2. The molecule has 0 radical (unpaired) electrons. The van der Waals surface area contributed by atoms with Crippen LogP contribution in [0.4, 0.5) is 0 Å². The number of carbonyl (C=O) groups is 1. The second-order valence-electron chi connectivity index (χ2n) is 4.92. The Morgan fingerprint density at radius 1 is 1.25 bits per heavy atom. The van der Waals surface area contributed by atoms with Crippen LogP contribution in [0.2, 0.25) is 0 Å². The van der Waals surface area contributed by atoms with Gasteiger partial charge in [0.2, 0.25) is 10.0 Å². The third-order valence-corrected chi connectivity index (χ3v) is 4.03. The van der Waals surface area contributed by atoms with Crippen molar-refractivity contribution in [3.8, 4) is 5.75 Å². The van der Waals surface area contributed by atoms with Gasteiger partial charge in [0.05, 0.1) is 4.90 Å². The Morgan fingerprint density at radius 2 is 1.70 bits per heavy atom. The van der Waals surface area contributed by atoms with Gasteiger partial charge in [0.15, 0.2) is 6.10 Å². The monoisotopic (exact) mass is 300 g/mol. The van der Waals surface area contributed by atoms with Gasteiger partial charge in [0.25, 0.3) is 5.91 Å². The quantitative estimate of drug-likeness (QED) is 0.891. The standard InChI is InChI=1S/C13H20N2O4S/c1-8-6-11(19-10(3)13(16)15(4)5)7-9(2)12(8)20(14,17)18/h6-7,10H,1-5H3,(H2,14,17,18). The molecule has 2 N–H and O–H groups in total. The molecule has 0 aliphatic heterocycles. The summed E-state index contributed by atoms with van der Waals surface area (Å²) in [6, 6.07) is 3.12. The van der Waals surface area contributed by atoms with Gasteiger partial charge < -0.3 is 9.64 Å². The normalized spacial score (nSPS) is 12.9. The molecule has 1 amide bonds. The molecule has 0 heterocycles. The lowest BCUT2D eigenvalue weighted by molar-refractivity contribution is -0.135. The SMILES string of the molecule is Cc1cc(OC(C)C(=O)N(C)C)cc(C)c1S(N)(=O)=O. The van der Waals surface area contributed by atoms with Crippen molar-refractivity contribution in [3.05, 3.63) is 23.3 Å². The number of ether oxygens (including phenoxy) is 1. The van der Waals surface area contributed by atoms with E-state index in [1.807, 2.05) is 0 Å². The van der Waals surface area contributed by atoms with Crippen molar-refractivity contribution < 1.29 is 17.9 Å². The van der Waals surface area contributed by atoms with Gasteiger partial charge in [-0.2, -0.15) is 0 Å². The summed E-state index contributed by atoms with van der Waals surface area (Å²) < 4.78 is 28.5. The van der Waals surface area contributed by atoms with Crippen molar-refractivity contribution in [3.63, 3.8) is 0 Å². The molecule has 0 saturated heterocycles. The molecule has 1 rings (SSSR count). The van der Waals surface area contributed by atoms with Crippen molar-refractivity contribution >= 4 is 15.9 Å². The first kappa shape index (κ1) is 16.5. The number of carbonyl (C=O) groups excluding carboxylic acids is 1. The number of rotatable bonds is 4. The minimum Gasteiger partial charge on any atom is -0.481 e. The number of nitrogens with zero attached hydrogens (tertiary/aromatic N) is 1. The molecule has 0 aromatic heterocycles. The van der Waals surface area contributed by atoms with Crippen molar-refractivity contribution in [2.45, 2.75) is 31.8 Å². The van der Waals surface area contributed by atoms with Gasteiger partial charge >= 0.3 is 0 Å². The fourth-order valence-electron chi connectivity index (χ4n) is 2.05. The fourth-order valence-corrected chi connectivity index (χ4v) is 3.06. The number of hydrogen-bond donors (Lipinski definition) is 1. The highest BCUT2D eigenvalue weighted by molar-refractivity contribution is 7.89. The molecule has 0 aliphatic rings. The van der Waals surface area contributed by atoms with E-state index in [-0.39, 0.29) is 10.8 Å². The highest BCUT2D eigenvalue weighted by Gasteiger charge is 2.20. The molecule has 1 aromatic carbocycles. The second-order valence-corrected chi connectivity index (χ2v) is 6.42. The summed E-state index contributed by atoms with van der Waals surface area (Å²) in [5.74, 6) is 0.269. The van der Waals surface area contributed by atoms with E-state index in [1.54, 1.807) is 47.0 Å². The number of aryl methyl sites for hydroxylation is 2. The number of hydrogen-bond acceptors (Lipinski definition) is 4. The van der Waals surface area contributed by atoms with Gasteiger partial charge in [0.1, 0.15) is 5.75 Å². The Morgan fingerprint density at radius 3 is 2.05 bits per heavy atom. The minimum atomic E-state index is -3.77. The van der Waals surface area contributed by atoms with Crippen LogP contribution in [0, 0.1) is 13.8 Å². The molecule has 0 fully saturated rings. The third kappa shape index (κ3) is 3.71. The summed E-state index contributed by atoms with van der Waals surface area (Å²) in [7, 11) is -0.487. The molecular formula is C13H20N2O4S. The third-order valence-electron chi connectivity index (χ3n) is 2.82. The maximum atomic E-state index is 11.7. The largest absolute Gasteiger partial charge is 0.481 e. The van der Waals surface area contributed by atoms with Gasteiger partial charge in [-0.25, -0.2) is 13.6 Å². The van der Waals surface area contributed by atoms with Gasteiger partial charge in [-0.1, -0.05) is 0 Å². The topological polar surface area (TPSA) is 89.7 Å². The first-order valence-corrected chi connectivity index (χ1v) is 7.60. The molecule has 6 nitrogen and oxygen atoms in total. The lowest BCUT2D eigenvalue weighted by atomic mass is 10.1. The smallest absolute Gasteiger partial charge is 0.262 e. The average molecular weight is 300 g/mol. The van der Waals surface area contributed by atoms with Crippen molar-refractivity contribution in [1.29, 1.82) is 0 Å². The van der Waals surface area contributed by atoms with Gasteiger partial charge in [-0.3, -0.25) is 4.79 Å². The summed E-state index contributed by atoms with van der Waals surface area (Å²) in [4.78, 5) is 13.3. The number of nitrogens with two attached hydrogens (primary N) is 1. The average Bonchev–Trinajstić information content (AvgIpc) is 2.24. The lowest BCUT2D eigenvalue weighted by Gasteiger charge is -2.19. The zero-order valence-electron chi connectivity index (χ0n) is 12.3. The summed E-state index contributed by atoms with van der Waals surface area (Å²) >= 11 is 0. The Labute approximate surface area is 119 Å². The van der Waals surface area contributed by atoms with Gasteiger partial charge in [0, 0.05) is 14.1 Å². The van der Waals surface area contributed by atoms with Crippen molar-refractivity contribution in [1.82, 2.24) is 4.90 Å². The number of primary sulfonamides is 1. The fraction of sp³-hybridized carbons (Fsp3) is 0.462.